The Hall–Kier alpha value is -1.05. The molecule has 0 aliphatic rings. The number of aryl methyl sites for hydroxylation is 1. The van der Waals surface area contributed by atoms with Crippen LogP contribution in [0.25, 0.3) is 0 Å². The van der Waals surface area contributed by atoms with E-state index in [9.17, 15) is 0 Å². The van der Waals surface area contributed by atoms with Gasteiger partial charge in [-0.05, 0) is 31.4 Å². The van der Waals surface area contributed by atoms with Crippen molar-refractivity contribution >= 4 is 0 Å². The van der Waals surface area contributed by atoms with Crippen LogP contribution < -0.4 is 4.74 Å². The zero-order valence-corrected chi connectivity index (χ0v) is 8.58. The van der Waals surface area contributed by atoms with Crippen molar-refractivity contribution in [1.29, 1.82) is 0 Å². The molecule has 1 aromatic heterocycles. The van der Waals surface area contributed by atoms with Crippen molar-refractivity contribution in [2.24, 2.45) is 5.92 Å². The van der Waals surface area contributed by atoms with Crippen molar-refractivity contribution in [3.63, 3.8) is 0 Å². The molecule has 72 valence electrons. The molecule has 0 amide bonds. The highest BCUT2D eigenvalue weighted by molar-refractivity contribution is 5.25. The highest BCUT2D eigenvalue weighted by Crippen LogP contribution is 2.14. The molecule has 0 aliphatic carbocycles. The minimum Gasteiger partial charge on any atom is -0.492 e. The molecule has 1 rings (SSSR count). The summed E-state index contributed by atoms with van der Waals surface area (Å²) in [4.78, 5) is 4.15. The summed E-state index contributed by atoms with van der Waals surface area (Å²) in [5.41, 5.74) is 0.964. The predicted octanol–water partition coefficient (Wildman–Crippen LogP) is 2.81. The molecule has 0 saturated carbocycles. The van der Waals surface area contributed by atoms with E-state index in [1.807, 2.05) is 19.1 Å². The van der Waals surface area contributed by atoms with Gasteiger partial charge in [-0.25, -0.2) is 0 Å². The maximum absolute atomic E-state index is 5.59. The summed E-state index contributed by atoms with van der Waals surface area (Å²) >= 11 is 0. The standard InChI is InChI=1S/C11H17NO/c1-9(2)6-8-13-11-5-4-7-12-10(11)3/h4-5,7,9H,6,8H2,1-3H3. The molecule has 0 aliphatic heterocycles. The highest BCUT2D eigenvalue weighted by Gasteiger charge is 1.99. The lowest BCUT2D eigenvalue weighted by atomic mass is 10.1. The molecule has 2 nitrogen and oxygen atoms in total. The van der Waals surface area contributed by atoms with Crippen LogP contribution in [-0.2, 0) is 0 Å². The lowest BCUT2D eigenvalue weighted by Crippen LogP contribution is -2.02. The van der Waals surface area contributed by atoms with E-state index >= 15 is 0 Å². The molecule has 0 radical (unpaired) electrons. The molecule has 0 unspecified atom stereocenters. The monoisotopic (exact) mass is 179 g/mol. The van der Waals surface area contributed by atoms with Crippen LogP contribution in [0.2, 0.25) is 0 Å². The first-order valence-electron chi connectivity index (χ1n) is 4.74. The Kier molecular flexibility index (Phi) is 3.74. The molecule has 1 aromatic rings. The van der Waals surface area contributed by atoms with E-state index in [1.54, 1.807) is 6.20 Å². The third-order valence-electron chi connectivity index (χ3n) is 1.91. The van der Waals surface area contributed by atoms with E-state index in [2.05, 4.69) is 18.8 Å². The van der Waals surface area contributed by atoms with Crippen LogP contribution in [-0.4, -0.2) is 11.6 Å². The van der Waals surface area contributed by atoms with Gasteiger partial charge in [0.1, 0.15) is 5.75 Å². The first kappa shape index (κ1) is 10.0. The number of pyridine rings is 1. The van der Waals surface area contributed by atoms with E-state index in [0.717, 1.165) is 24.5 Å². The molecule has 2 heteroatoms. The fourth-order valence-corrected chi connectivity index (χ4v) is 1.03. The molecule has 13 heavy (non-hydrogen) atoms. The normalized spacial score (nSPS) is 10.5. The summed E-state index contributed by atoms with van der Waals surface area (Å²) < 4.78 is 5.59. The maximum Gasteiger partial charge on any atom is 0.140 e. The van der Waals surface area contributed by atoms with Gasteiger partial charge >= 0.3 is 0 Å². The number of ether oxygens (including phenoxy) is 1. The minimum atomic E-state index is 0.692. The van der Waals surface area contributed by atoms with Crippen molar-refractivity contribution in [2.75, 3.05) is 6.61 Å². The number of hydrogen-bond acceptors (Lipinski definition) is 2. The van der Waals surface area contributed by atoms with Crippen molar-refractivity contribution in [3.8, 4) is 5.75 Å². The third kappa shape index (κ3) is 3.45. The maximum atomic E-state index is 5.59. The molecular weight excluding hydrogens is 162 g/mol. The molecule has 0 saturated heterocycles. The second-order valence-corrected chi connectivity index (χ2v) is 3.62. The van der Waals surface area contributed by atoms with E-state index in [-0.39, 0.29) is 0 Å². The Labute approximate surface area is 80.0 Å². The van der Waals surface area contributed by atoms with Crippen LogP contribution in [0, 0.1) is 12.8 Å². The topological polar surface area (TPSA) is 22.1 Å². The molecule has 0 aromatic carbocycles. The summed E-state index contributed by atoms with van der Waals surface area (Å²) in [6, 6.07) is 3.86. The fourth-order valence-electron chi connectivity index (χ4n) is 1.03. The zero-order chi connectivity index (χ0) is 9.68. The van der Waals surface area contributed by atoms with Gasteiger partial charge in [0.2, 0.25) is 0 Å². The zero-order valence-electron chi connectivity index (χ0n) is 8.58. The van der Waals surface area contributed by atoms with Crippen LogP contribution in [0.4, 0.5) is 0 Å². The quantitative estimate of drug-likeness (QED) is 0.709. The largest absolute Gasteiger partial charge is 0.492 e. The number of rotatable bonds is 4. The van der Waals surface area contributed by atoms with Gasteiger partial charge in [-0.1, -0.05) is 13.8 Å². The van der Waals surface area contributed by atoms with Gasteiger partial charge in [0.05, 0.1) is 12.3 Å². The van der Waals surface area contributed by atoms with Gasteiger partial charge in [-0.15, -0.1) is 0 Å². The third-order valence-corrected chi connectivity index (χ3v) is 1.91. The second-order valence-electron chi connectivity index (χ2n) is 3.62. The molecule has 0 atom stereocenters. The Morgan fingerprint density at radius 2 is 2.23 bits per heavy atom. The number of hydrogen-bond donors (Lipinski definition) is 0. The van der Waals surface area contributed by atoms with Crippen LogP contribution in [0.15, 0.2) is 18.3 Å². The van der Waals surface area contributed by atoms with E-state index in [1.165, 1.54) is 0 Å². The summed E-state index contributed by atoms with van der Waals surface area (Å²) in [6.07, 6.45) is 2.87. The van der Waals surface area contributed by atoms with Crippen molar-refractivity contribution in [3.05, 3.63) is 24.0 Å². The van der Waals surface area contributed by atoms with Gasteiger partial charge < -0.3 is 4.74 Å². The van der Waals surface area contributed by atoms with Gasteiger partial charge in [0.15, 0.2) is 0 Å². The summed E-state index contributed by atoms with van der Waals surface area (Å²) in [7, 11) is 0. The molecule has 0 bridgehead atoms. The van der Waals surface area contributed by atoms with Crippen LogP contribution in [0.5, 0.6) is 5.75 Å². The van der Waals surface area contributed by atoms with Crippen molar-refractivity contribution in [2.45, 2.75) is 27.2 Å². The predicted molar refractivity (Wildman–Crippen MR) is 53.9 cm³/mol. The lowest BCUT2D eigenvalue weighted by Gasteiger charge is -2.09. The SMILES string of the molecule is Cc1ncccc1OCCC(C)C. The molecule has 0 N–H and O–H groups in total. The van der Waals surface area contributed by atoms with Gasteiger partial charge in [0, 0.05) is 6.20 Å². The van der Waals surface area contributed by atoms with E-state index < -0.39 is 0 Å². The molecule has 0 fully saturated rings. The summed E-state index contributed by atoms with van der Waals surface area (Å²) in [6.45, 7) is 7.13. The average Bonchev–Trinajstić information content (AvgIpc) is 2.08. The molecular formula is C11H17NO. The van der Waals surface area contributed by atoms with Crippen molar-refractivity contribution in [1.82, 2.24) is 4.98 Å². The van der Waals surface area contributed by atoms with E-state index in [4.69, 9.17) is 4.74 Å². The van der Waals surface area contributed by atoms with Crippen molar-refractivity contribution < 1.29 is 4.74 Å². The number of aromatic nitrogens is 1. The fraction of sp³-hybridized carbons (Fsp3) is 0.545. The summed E-state index contributed by atoms with van der Waals surface area (Å²) in [5.74, 6) is 1.60. The van der Waals surface area contributed by atoms with Crippen LogP contribution in [0.3, 0.4) is 0 Å². The van der Waals surface area contributed by atoms with Crippen LogP contribution >= 0.6 is 0 Å². The molecule has 1 heterocycles. The second kappa shape index (κ2) is 4.85. The Bertz CT molecular complexity index is 258. The Balaban J connectivity index is 2.41. The van der Waals surface area contributed by atoms with Crippen LogP contribution in [0.1, 0.15) is 26.0 Å². The van der Waals surface area contributed by atoms with Gasteiger partial charge in [-0.3, -0.25) is 4.98 Å². The first-order valence-corrected chi connectivity index (χ1v) is 4.74. The molecule has 0 spiro atoms. The summed E-state index contributed by atoms with van der Waals surface area (Å²) in [5, 5.41) is 0. The minimum absolute atomic E-state index is 0.692. The average molecular weight is 179 g/mol. The Morgan fingerprint density at radius 3 is 2.85 bits per heavy atom. The number of nitrogens with zero attached hydrogens (tertiary/aromatic N) is 1. The highest BCUT2D eigenvalue weighted by atomic mass is 16.5. The van der Waals surface area contributed by atoms with E-state index in [0.29, 0.717) is 5.92 Å². The van der Waals surface area contributed by atoms with Gasteiger partial charge in [-0.2, -0.15) is 0 Å². The Morgan fingerprint density at radius 1 is 1.46 bits per heavy atom. The smallest absolute Gasteiger partial charge is 0.140 e. The first-order chi connectivity index (χ1) is 6.20. The van der Waals surface area contributed by atoms with Gasteiger partial charge in [0.25, 0.3) is 0 Å². The lowest BCUT2D eigenvalue weighted by molar-refractivity contribution is 0.286.